The van der Waals surface area contributed by atoms with E-state index in [1.165, 1.54) is 109 Å². The fourth-order valence-electron chi connectivity index (χ4n) is 5.58. The fraction of sp³-hybridized carbons (Fsp3) is 0.391. The Kier molecular flexibility index (Phi) is 31.7. The predicted octanol–water partition coefficient (Wildman–Crippen LogP) is 16.3. The summed E-state index contributed by atoms with van der Waals surface area (Å²) in [5, 5.41) is 5.49. The summed E-state index contributed by atoms with van der Waals surface area (Å²) < 4.78 is 5.68. The Morgan fingerprint density at radius 3 is 1.68 bits per heavy atom. The van der Waals surface area contributed by atoms with E-state index in [1.54, 1.807) is 0 Å². The van der Waals surface area contributed by atoms with Gasteiger partial charge < -0.3 is 4.74 Å². The Labute approximate surface area is 359 Å². The maximum atomic E-state index is 5.68. The fourth-order valence-corrected chi connectivity index (χ4v) is 5.58. The molecule has 0 atom stereocenters. The van der Waals surface area contributed by atoms with Crippen LogP contribution in [0.1, 0.15) is 103 Å². The molecule has 0 saturated heterocycles. The van der Waals surface area contributed by atoms with Gasteiger partial charge in [-0.15, -0.1) is 70.8 Å². The van der Waals surface area contributed by atoms with Gasteiger partial charge in [-0.05, 0) is 27.2 Å². The van der Waals surface area contributed by atoms with Gasteiger partial charge in [0, 0.05) is 6.61 Å². The number of aryl methyl sites for hydroxylation is 3. The van der Waals surface area contributed by atoms with E-state index >= 15 is 0 Å². The van der Waals surface area contributed by atoms with Gasteiger partial charge in [-0.3, -0.25) is 0 Å². The van der Waals surface area contributed by atoms with Gasteiger partial charge in [0.15, 0.2) is 0 Å². The van der Waals surface area contributed by atoms with Gasteiger partial charge in [-0.1, -0.05) is 90.2 Å². The van der Waals surface area contributed by atoms with Crippen molar-refractivity contribution in [3.05, 3.63) is 144 Å². The molecule has 286 valence electrons. The summed E-state index contributed by atoms with van der Waals surface area (Å²) in [5.41, 5.74) is 4.50. The molecule has 0 aliphatic carbocycles. The van der Waals surface area contributed by atoms with Gasteiger partial charge in [0.1, 0.15) is 0 Å². The van der Waals surface area contributed by atoms with E-state index in [0.29, 0.717) is 0 Å². The monoisotopic (exact) mass is 948 g/mol. The number of ether oxygens (including phenoxy) is 1. The molecule has 0 heterocycles. The molecule has 0 spiro atoms. The van der Waals surface area contributed by atoms with Crippen molar-refractivity contribution in [2.75, 3.05) is 6.61 Å². The molecule has 6 aromatic carbocycles. The summed E-state index contributed by atoms with van der Waals surface area (Å²) in [6, 6.07) is 45.0. The molecule has 0 bridgehead atoms. The zero-order chi connectivity index (χ0) is 39.0. The Morgan fingerprint density at radius 1 is 0.566 bits per heavy atom. The van der Waals surface area contributed by atoms with E-state index < -0.39 is 41.7 Å². The Morgan fingerprint density at radius 2 is 1.11 bits per heavy atom. The third kappa shape index (κ3) is 25.9. The molecular formula is C46H60Cl4OZr2. The van der Waals surface area contributed by atoms with Crippen molar-refractivity contribution < 1.29 is 46.4 Å². The van der Waals surface area contributed by atoms with Crippen LogP contribution < -0.4 is 0 Å². The maximum Gasteiger partial charge on any atom is -0.0809 e. The summed E-state index contributed by atoms with van der Waals surface area (Å²) in [6.45, 7) is 11.7. The van der Waals surface area contributed by atoms with Crippen LogP contribution >= 0.6 is 34.1 Å². The van der Waals surface area contributed by atoms with E-state index in [0.717, 1.165) is 6.61 Å². The molecule has 6 rings (SSSR count). The van der Waals surface area contributed by atoms with Crippen molar-refractivity contribution in [2.45, 2.75) is 111 Å². The second kappa shape index (κ2) is 33.4. The first-order valence-corrected chi connectivity index (χ1v) is 31.6. The van der Waals surface area contributed by atoms with Gasteiger partial charge in [-0.25, -0.2) is 12.1 Å². The molecule has 0 aromatic heterocycles. The molecule has 53 heavy (non-hydrogen) atoms. The van der Waals surface area contributed by atoms with Crippen LogP contribution in [0.2, 0.25) is 0 Å². The van der Waals surface area contributed by atoms with Crippen molar-refractivity contribution >= 4 is 55.6 Å². The van der Waals surface area contributed by atoms with E-state index in [2.05, 4.69) is 162 Å². The quantitative estimate of drug-likeness (QED) is 0.0828. The Bertz CT molecular complexity index is 1580. The number of rotatable bonds is 13. The maximum absolute atomic E-state index is 5.68. The van der Waals surface area contributed by atoms with Crippen molar-refractivity contribution in [3.8, 4) is 0 Å². The largest absolute Gasteiger partial charge is 0.168 e. The van der Waals surface area contributed by atoms with E-state index in [1.807, 2.05) is 0 Å². The van der Waals surface area contributed by atoms with Crippen LogP contribution in [0.15, 0.2) is 127 Å². The smallest absolute Gasteiger partial charge is 0.0809 e. The van der Waals surface area contributed by atoms with Crippen molar-refractivity contribution in [3.63, 3.8) is 0 Å². The minimum absolute atomic E-state index is 0.0231. The Hall–Kier alpha value is -0.754. The predicted molar refractivity (Wildman–Crippen MR) is 232 cm³/mol. The number of unbranched alkanes of at least 4 members (excludes halogenated alkanes) is 5. The van der Waals surface area contributed by atoms with E-state index in [4.69, 9.17) is 38.8 Å². The third-order valence-corrected chi connectivity index (χ3v) is 8.30. The number of hydrogen-bond donors (Lipinski definition) is 0. The van der Waals surface area contributed by atoms with Crippen LogP contribution in [0.4, 0.5) is 0 Å². The summed E-state index contributed by atoms with van der Waals surface area (Å²) in [4.78, 5) is 0. The van der Waals surface area contributed by atoms with E-state index in [9.17, 15) is 0 Å². The molecule has 0 radical (unpaired) electrons. The standard InChI is InChI=1S/C15H25O.C13H15.C9H7.C9H13.4ClH.2Zr/c1-15(2,3)16-13-9-5-4-6-10-14-11-7-8-12-14;1-2-3-6-11-9-10-12-7-4-5-8-13(11)12;1-2-5-9-7-3-6-8(9)4-1;1-2-3-6-9-7-4-5-8-9;;;;;;/h7-8,11-12H,4-6,9-10,13H2,1-3H3;4-5,7-10H,2-3,6H2,1H3;1-7H;4-5,7-8H,2-3,6H2,1H3;4*1H;;/q4*-1;;;;;2*+4/p-4. The van der Waals surface area contributed by atoms with Gasteiger partial charge >= 0.3 is 75.7 Å². The summed E-state index contributed by atoms with van der Waals surface area (Å²) in [7, 11) is 19.7. The minimum Gasteiger partial charge on any atom is -0.168 e. The number of hydrogen-bond acceptors (Lipinski definition) is 1. The first-order chi connectivity index (χ1) is 25.7. The molecule has 6 aromatic rings. The first-order valence-electron chi connectivity index (χ1n) is 18.9. The van der Waals surface area contributed by atoms with Gasteiger partial charge in [0.05, 0.1) is 5.60 Å². The van der Waals surface area contributed by atoms with Crippen molar-refractivity contribution in [2.24, 2.45) is 0 Å². The second-order valence-electron chi connectivity index (χ2n) is 13.7. The average Bonchev–Trinajstić information content (AvgIpc) is 3.99. The molecule has 1 nitrogen and oxygen atoms in total. The summed E-state index contributed by atoms with van der Waals surface area (Å²) in [5.74, 6) is 0. The SMILES string of the molecule is CC(C)(C)OCCCCCCc1cc[cH-]c1.CCCCc1c[cH-]c2ccccc12.CCCCc1cc[cH-]c1.[Cl][Zr+2][Cl].[Cl][Zr+2][Cl].c1ccc2[cH-]ccc2c1. The van der Waals surface area contributed by atoms with Crippen molar-refractivity contribution in [1.29, 1.82) is 0 Å². The van der Waals surface area contributed by atoms with E-state index in [-0.39, 0.29) is 5.60 Å². The zero-order valence-corrected chi connectivity index (χ0v) is 40.5. The molecule has 0 saturated carbocycles. The van der Waals surface area contributed by atoms with Crippen LogP contribution in [-0.4, -0.2) is 12.2 Å². The second-order valence-corrected chi connectivity index (χ2v) is 21.1. The van der Waals surface area contributed by atoms with Gasteiger partial charge in [0.2, 0.25) is 0 Å². The first kappa shape index (κ1) is 50.3. The summed E-state index contributed by atoms with van der Waals surface area (Å²) in [6.07, 6.45) is 14.0. The molecule has 0 amide bonds. The minimum atomic E-state index is -0.826. The number of benzene rings is 2. The molecule has 7 heteroatoms. The van der Waals surface area contributed by atoms with Crippen LogP contribution in [-0.2, 0) is 65.7 Å². The molecule has 0 N–H and O–H groups in total. The Balaban J connectivity index is 0.000000343. The third-order valence-electron chi connectivity index (χ3n) is 8.30. The normalized spacial score (nSPS) is 10.1. The average molecular weight is 953 g/mol. The summed E-state index contributed by atoms with van der Waals surface area (Å²) >= 11 is -1.65. The molecule has 0 aliphatic heterocycles. The van der Waals surface area contributed by atoms with Gasteiger partial charge in [0.25, 0.3) is 0 Å². The molecule has 0 unspecified atom stereocenters. The zero-order valence-electron chi connectivity index (χ0n) is 32.5. The van der Waals surface area contributed by atoms with Crippen LogP contribution in [0, 0.1) is 0 Å². The van der Waals surface area contributed by atoms with Gasteiger partial charge in [-0.2, -0.15) is 70.6 Å². The van der Waals surface area contributed by atoms with Crippen molar-refractivity contribution in [1.82, 2.24) is 0 Å². The molecule has 0 fully saturated rings. The number of halogens is 4. The van der Waals surface area contributed by atoms with Crippen LogP contribution in [0.25, 0.3) is 21.5 Å². The molecular weight excluding hydrogens is 893 g/mol. The number of fused-ring (bicyclic) bond motifs is 2. The molecule has 0 aliphatic rings. The van der Waals surface area contributed by atoms with Crippen LogP contribution in [0.5, 0.6) is 0 Å². The topological polar surface area (TPSA) is 9.23 Å². The van der Waals surface area contributed by atoms with Crippen LogP contribution in [0.3, 0.4) is 0 Å².